The number of rotatable bonds is 6. The Morgan fingerprint density at radius 1 is 1.30 bits per heavy atom. The van der Waals surface area contributed by atoms with Crippen LogP contribution in [0.3, 0.4) is 0 Å². The van der Waals surface area contributed by atoms with Gasteiger partial charge in [-0.25, -0.2) is 0 Å². The molecule has 0 aromatic heterocycles. The second-order valence-electron chi connectivity index (χ2n) is 6.71. The number of aryl methyl sites for hydroxylation is 1. The predicted octanol–water partition coefficient (Wildman–Crippen LogP) is 4.76. The molecular formula is C19H26BrNO2. The molecule has 0 bridgehead atoms. The molecule has 1 atom stereocenters. The third-order valence-corrected chi connectivity index (χ3v) is 5.07. The summed E-state index contributed by atoms with van der Waals surface area (Å²) in [6, 6.07) is 5.80. The molecule has 0 aliphatic carbocycles. The van der Waals surface area contributed by atoms with Gasteiger partial charge in [-0.1, -0.05) is 43.1 Å². The van der Waals surface area contributed by atoms with Crippen molar-refractivity contribution in [3.8, 4) is 0 Å². The van der Waals surface area contributed by atoms with Crippen LogP contribution in [0.4, 0.5) is 5.69 Å². The van der Waals surface area contributed by atoms with Crippen LogP contribution in [0.2, 0.25) is 0 Å². The van der Waals surface area contributed by atoms with Crippen LogP contribution in [0.15, 0.2) is 18.2 Å². The van der Waals surface area contributed by atoms with Crippen LogP contribution in [-0.2, 0) is 11.2 Å². The molecule has 126 valence electrons. The number of nitrogens with zero attached hydrogens (tertiary/aromatic N) is 1. The molecule has 1 aromatic carbocycles. The van der Waals surface area contributed by atoms with Crippen LogP contribution in [0.25, 0.3) is 0 Å². The molecule has 0 N–H and O–H groups in total. The normalized spacial score (nSPS) is 15.4. The number of carbonyl (C=O) groups is 2. The lowest BCUT2D eigenvalue weighted by Crippen LogP contribution is -2.36. The van der Waals surface area contributed by atoms with Gasteiger partial charge < -0.3 is 4.90 Å². The number of ketones is 1. The van der Waals surface area contributed by atoms with E-state index in [2.05, 4.69) is 36.7 Å². The molecule has 1 aliphatic rings. The van der Waals surface area contributed by atoms with E-state index < -0.39 is 0 Å². The van der Waals surface area contributed by atoms with Gasteiger partial charge in [0, 0.05) is 24.2 Å². The van der Waals surface area contributed by atoms with Crippen molar-refractivity contribution in [1.82, 2.24) is 0 Å². The summed E-state index contributed by atoms with van der Waals surface area (Å²) in [5.74, 6) is 0.682. The Morgan fingerprint density at radius 3 is 2.70 bits per heavy atom. The summed E-state index contributed by atoms with van der Waals surface area (Å²) in [6.45, 7) is 6.98. The second kappa shape index (κ2) is 8.09. The molecule has 1 heterocycles. The standard InChI is InChI=1S/C19H26BrNO2/c1-4-6-16(20)19(23)15-8-9-17-14(12-15)7-5-10-21(17)18(22)11-13(2)3/h8-9,12-13,16H,4-7,10-11H2,1-3H3. The Morgan fingerprint density at radius 2 is 2.04 bits per heavy atom. The van der Waals surface area contributed by atoms with Crippen molar-refractivity contribution in [2.75, 3.05) is 11.4 Å². The molecular weight excluding hydrogens is 354 g/mol. The highest BCUT2D eigenvalue weighted by Gasteiger charge is 2.24. The van der Waals surface area contributed by atoms with Gasteiger partial charge in [0.15, 0.2) is 5.78 Å². The van der Waals surface area contributed by atoms with Gasteiger partial charge in [-0.3, -0.25) is 9.59 Å². The minimum absolute atomic E-state index is 0.118. The number of alkyl halides is 1. The molecule has 0 fully saturated rings. The summed E-state index contributed by atoms with van der Waals surface area (Å²) in [4.78, 5) is 26.7. The monoisotopic (exact) mass is 379 g/mol. The van der Waals surface area contributed by atoms with Crippen LogP contribution in [0, 0.1) is 5.92 Å². The topological polar surface area (TPSA) is 37.4 Å². The van der Waals surface area contributed by atoms with Crippen molar-refractivity contribution in [2.45, 2.75) is 57.7 Å². The molecule has 1 aromatic rings. The lowest BCUT2D eigenvalue weighted by molar-refractivity contribution is -0.119. The van der Waals surface area contributed by atoms with E-state index in [1.54, 1.807) is 0 Å². The molecule has 1 amide bonds. The van der Waals surface area contributed by atoms with Gasteiger partial charge in [-0.2, -0.15) is 0 Å². The van der Waals surface area contributed by atoms with Crippen molar-refractivity contribution in [3.63, 3.8) is 0 Å². The number of amides is 1. The molecule has 3 nitrogen and oxygen atoms in total. The van der Waals surface area contributed by atoms with Crippen LogP contribution >= 0.6 is 15.9 Å². The van der Waals surface area contributed by atoms with Crippen molar-refractivity contribution in [3.05, 3.63) is 29.3 Å². The average molecular weight is 380 g/mol. The molecule has 23 heavy (non-hydrogen) atoms. The fourth-order valence-corrected chi connectivity index (χ4v) is 3.76. The molecule has 0 radical (unpaired) electrons. The molecule has 0 saturated heterocycles. The first kappa shape index (κ1) is 18.2. The molecule has 2 rings (SSSR count). The summed E-state index contributed by atoms with van der Waals surface area (Å²) >= 11 is 3.48. The zero-order chi connectivity index (χ0) is 17.0. The second-order valence-corrected chi connectivity index (χ2v) is 7.82. The van der Waals surface area contributed by atoms with Gasteiger partial charge in [0.1, 0.15) is 0 Å². The van der Waals surface area contributed by atoms with Crippen LogP contribution < -0.4 is 4.90 Å². The number of benzene rings is 1. The predicted molar refractivity (Wildman–Crippen MR) is 98.5 cm³/mol. The van der Waals surface area contributed by atoms with E-state index in [1.165, 1.54) is 0 Å². The van der Waals surface area contributed by atoms with E-state index in [4.69, 9.17) is 0 Å². The van der Waals surface area contributed by atoms with E-state index >= 15 is 0 Å². The van der Waals surface area contributed by atoms with Gasteiger partial charge in [-0.15, -0.1) is 0 Å². The highest BCUT2D eigenvalue weighted by molar-refractivity contribution is 9.10. The van der Waals surface area contributed by atoms with Gasteiger partial charge >= 0.3 is 0 Å². The number of fused-ring (bicyclic) bond motifs is 1. The Balaban J connectivity index is 2.23. The Bertz CT molecular complexity index is 583. The van der Waals surface area contributed by atoms with Crippen molar-refractivity contribution in [1.29, 1.82) is 0 Å². The van der Waals surface area contributed by atoms with Gasteiger partial charge in [0.25, 0.3) is 0 Å². The molecule has 0 saturated carbocycles. The van der Waals surface area contributed by atoms with Crippen molar-refractivity contribution >= 4 is 33.3 Å². The highest BCUT2D eigenvalue weighted by atomic mass is 79.9. The van der Waals surface area contributed by atoms with Crippen LogP contribution in [0.1, 0.15) is 62.4 Å². The average Bonchev–Trinajstić information content (AvgIpc) is 2.52. The maximum Gasteiger partial charge on any atom is 0.227 e. The van der Waals surface area contributed by atoms with E-state index in [0.29, 0.717) is 12.3 Å². The van der Waals surface area contributed by atoms with Gasteiger partial charge in [-0.05, 0) is 48.9 Å². The smallest absolute Gasteiger partial charge is 0.227 e. The van der Waals surface area contributed by atoms with E-state index in [0.717, 1.165) is 49.0 Å². The Kier molecular flexibility index (Phi) is 6.40. The maximum atomic E-state index is 12.5. The number of carbonyl (C=O) groups excluding carboxylic acids is 2. The number of anilines is 1. The zero-order valence-electron chi connectivity index (χ0n) is 14.3. The van der Waals surface area contributed by atoms with E-state index in [9.17, 15) is 9.59 Å². The quantitative estimate of drug-likeness (QED) is 0.527. The summed E-state index contributed by atoms with van der Waals surface area (Å²) in [7, 11) is 0. The Labute approximate surface area is 147 Å². The first-order valence-electron chi connectivity index (χ1n) is 8.55. The summed E-state index contributed by atoms with van der Waals surface area (Å²) < 4.78 is 0. The SMILES string of the molecule is CCCC(Br)C(=O)c1ccc2c(c1)CCCN2C(=O)CC(C)C. The maximum absolute atomic E-state index is 12.5. The van der Waals surface area contributed by atoms with E-state index in [-0.39, 0.29) is 16.5 Å². The fourth-order valence-electron chi connectivity index (χ4n) is 3.03. The highest BCUT2D eigenvalue weighted by Crippen LogP contribution is 2.30. The van der Waals surface area contributed by atoms with Crippen molar-refractivity contribution in [2.24, 2.45) is 5.92 Å². The molecule has 1 aliphatic heterocycles. The molecule has 0 spiro atoms. The number of halogens is 1. The first-order valence-corrected chi connectivity index (χ1v) is 9.47. The Hall–Kier alpha value is -1.16. The summed E-state index contributed by atoms with van der Waals surface area (Å²) in [5, 5.41) is 0. The largest absolute Gasteiger partial charge is 0.312 e. The minimum Gasteiger partial charge on any atom is -0.312 e. The third-order valence-electron chi connectivity index (χ3n) is 4.19. The lowest BCUT2D eigenvalue weighted by atomic mass is 9.95. The van der Waals surface area contributed by atoms with Crippen LogP contribution in [0.5, 0.6) is 0 Å². The number of Topliss-reactive ketones (excluding diaryl/α,β-unsaturated/α-hetero) is 1. The molecule has 4 heteroatoms. The summed E-state index contributed by atoms with van der Waals surface area (Å²) in [6.07, 6.45) is 4.28. The van der Waals surface area contributed by atoms with Crippen molar-refractivity contribution < 1.29 is 9.59 Å². The fraction of sp³-hybridized carbons (Fsp3) is 0.579. The number of hydrogen-bond acceptors (Lipinski definition) is 2. The number of hydrogen-bond donors (Lipinski definition) is 0. The summed E-state index contributed by atoms with van der Waals surface area (Å²) in [5.41, 5.74) is 2.85. The van der Waals surface area contributed by atoms with Gasteiger partial charge in [0.05, 0.1) is 4.83 Å². The van der Waals surface area contributed by atoms with Gasteiger partial charge in [0.2, 0.25) is 5.91 Å². The lowest BCUT2D eigenvalue weighted by Gasteiger charge is -2.30. The minimum atomic E-state index is -0.118. The third kappa shape index (κ3) is 4.43. The molecule has 1 unspecified atom stereocenters. The zero-order valence-corrected chi connectivity index (χ0v) is 15.9. The first-order chi connectivity index (χ1) is 10.9. The van der Waals surface area contributed by atoms with E-state index in [1.807, 2.05) is 23.1 Å². The van der Waals surface area contributed by atoms with Crippen LogP contribution in [-0.4, -0.2) is 23.1 Å².